The highest BCUT2D eigenvalue weighted by molar-refractivity contribution is 5.38. The third-order valence-electron chi connectivity index (χ3n) is 4.01. The summed E-state index contributed by atoms with van der Waals surface area (Å²) >= 11 is 0. The first-order valence-corrected chi connectivity index (χ1v) is 6.79. The van der Waals surface area contributed by atoms with E-state index in [1.807, 2.05) is 6.92 Å². The molecule has 3 heterocycles. The number of nitrogens with one attached hydrogen (secondary N) is 1. The maximum absolute atomic E-state index is 11.5. The predicted molar refractivity (Wildman–Crippen MR) is 71.0 cm³/mol. The lowest BCUT2D eigenvalue weighted by atomic mass is 9.99. The number of piperidine rings is 1. The van der Waals surface area contributed by atoms with Crippen molar-refractivity contribution in [2.75, 3.05) is 31.1 Å². The van der Waals surface area contributed by atoms with Crippen LogP contribution < -0.4 is 10.5 Å². The number of H-pyrrole nitrogens is 1. The first-order valence-electron chi connectivity index (χ1n) is 6.79. The van der Waals surface area contributed by atoms with Crippen LogP contribution in [-0.4, -0.2) is 47.1 Å². The minimum atomic E-state index is -0.0522. The Morgan fingerprint density at radius 2 is 2.22 bits per heavy atom. The Kier molecular flexibility index (Phi) is 3.07. The molecule has 0 spiro atoms. The van der Waals surface area contributed by atoms with Crippen molar-refractivity contribution in [2.24, 2.45) is 0 Å². The van der Waals surface area contributed by atoms with Crippen molar-refractivity contribution in [1.29, 1.82) is 0 Å². The summed E-state index contributed by atoms with van der Waals surface area (Å²) in [4.78, 5) is 23.5. The van der Waals surface area contributed by atoms with E-state index >= 15 is 0 Å². The maximum Gasteiger partial charge on any atom is 0.252 e. The van der Waals surface area contributed by atoms with Gasteiger partial charge < -0.3 is 9.88 Å². The summed E-state index contributed by atoms with van der Waals surface area (Å²) in [5.74, 6) is 1.53. The molecule has 5 nitrogen and oxygen atoms in total. The van der Waals surface area contributed by atoms with Gasteiger partial charge in [0, 0.05) is 31.7 Å². The van der Waals surface area contributed by atoms with E-state index in [9.17, 15) is 4.79 Å². The Morgan fingerprint density at radius 3 is 3.06 bits per heavy atom. The van der Waals surface area contributed by atoms with Crippen molar-refractivity contribution in [3.63, 3.8) is 0 Å². The second kappa shape index (κ2) is 4.72. The van der Waals surface area contributed by atoms with Gasteiger partial charge in [-0.3, -0.25) is 9.69 Å². The second-order valence-electron chi connectivity index (χ2n) is 5.32. The molecule has 1 atom stereocenters. The SMILES string of the molecule is Cc1nc(N2CCN3CCCCC3C2)cc(=O)[nH]1. The number of aromatic amines is 1. The minimum Gasteiger partial charge on any atom is -0.354 e. The van der Waals surface area contributed by atoms with E-state index in [-0.39, 0.29) is 5.56 Å². The number of aryl methyl sites for hydroxylation is 1. The van der Waals surface area contributed by atoms with E-state index in [0.717, 1.165) is 25.5 Å². The van der Waals surface area contributed by atoms with Gasteiger partial charge in [-0.2, -0.15) is 0 Å². The van der Waals surface area contributed by atoms with Gasteiger partial charge in [0.2, 0.25) is 0 Å². The number of hydrogen-bond donors (Lipinski definition) is 1. The lowest BCUT2D eigenvalue weighted by Gasteiger charge is -2.44. The molecule has 0 aliphatic carbocycles. The van der Waals surface area contributed by atoms with Crippen LogP contribution in [0.2, 0.25) is 0 Å². The third-order valence-corrected chi connectivity index (χ3v) is 4.01. The van der Waals surface area contributed by atoms with Gasteiger partial charge in [0.05, 0.1) is 0 Å². The molecule has 0 saturated carbocycles. The van der Waals surface area contributed by atoms with E-state index in [2.05, 4.69) is 19.8 Å². The summed E-state index contributed by atoms with van der Waals surface area (Å²) in [6, 6.07) is 2.26. The lowest BCUT2D eigenvalue weighted by molar-refractivity contribution is 0.133. The normalized spacial score (nSPS) is 24.9. The first-order chi connectivity index (χ1) is 8.72. The number of rotatable bonds is 1. The molecular formula is C13H20N4O. The van der Waals surface area contributed by atoms with E-state index in [1.165, 1.54) is 25.8 Å². The van der Waals surface area contributed by atoms with Crippen LogP contribution in [0.3, 0.4) is 0 Å². The van der Waals surface area contributed by atoms with Gasteiger partial charge in [0.15, 0.2) is 0 Å². The number of piperazine rings is 1. The van der Waals surface area contributed by atoms with Crippen LogP contribution in [0.4, 0.5) is 5.82 Å². The molecule has 1 aromatic rings. The molecule has 0 aromatic carbocycles. The summed E-state index contributed by atoms with van der Waals surface area (Å²) in [6.45, 7) is 6.16. The van der Waals surface area contributed by atoms with Crippen LogP contribution in [0.5, 0.6) is 0 Å². The fourth-order valence-electron chi connectivity index (χ4n) is 3.09. The molecule has 2 aliphatic rings. The third kappa shape index (κ3) is 2.27. The zero-order valence-electron chi connectivity index (χ0n) is 10.9. The van der Waals surface area contributed by atoms with E-state index < -0.39 is 0 Å². The molecule has 1 N–H and O–H groups in total. The first kappa shape index (κ1) is 11.7. The minimum absolute atomic E-state index is 0.0522. The van der Waals surface area contributed by atoms with Crippen molar-refractivity contribution in [3.8, 4) is 0 Å². The molecule has 1 aromatic heterocycles. The van der Waals surface area contributed by atoms with Crippen LogP contribution in [-0.2, 0) is 0 Å². The molecule has 2 saturated heterocycles. The van der Waals surface area contributed by atoms with Crippen molar-refractivity contribution >= 4 is 5.82 Å². The van der Waals surface area contributed by atoms with E-state index in [1.54, 1.807) is 6.07 Å². The Balaban J connectivity index is 1.79. The molecule has 1 unspecified atom stereocenters. The molecule has 98 valence electrons. The molecular weight excluding hydrogens is 228 g/mol. The van der Waals surface area contributed by atoms with E-state index in [4.69, 9.17) is 0 Å². The maximum atomic E-state index is 11.5. The van der Waals surface area contributed by atoms with Gasteiger partial charge in [0.1, 0.15) is 11.6 Å². The van der Waals surface area contributed by atoms with Crippen LogP contribution in [0.15, 0.2) is 10.9 Å². The topological polar surface area (TPSA) is 52.2 Å². The summed E-state index contributed by atoms with van der Waals surface area (Å²) in [7, 11) is 0. The van der Waals surface area contributed by atoms with Crippen LogP contribution in [0.25, 0.3) is 0 Å². The quantitative estimate of drug-likeness (QED) is 0.797. The number of hydrogen-bond acceptors (Lipinski definition) is 4. The van der Waals surface area contributed by atoms with Gasteiger partial charge in [-0.1, -0.05) is 6.42 Å². The molecule has 2 aliphatic heterocycles. The molecule has 0 radical (unpaired) electrons. The van der Waals surface area contributed by atoms with E-state index in [0.29, 0.717) is 11.9 Å². The summed E-state index contributed by atoms with van der Waals surface area (Å²) in [5.41, 5.74) is -0.0522. The van der Waals surface area contributed by atoms with Crippen molar-refractivity contribution < 1.29 is 0 Å². The fraction of sp³-hybridized carbons (Fsp3) is 0.692. The van der Waals surface area contributed by atoms with Crippen molar-refractivity contribution in [1.82, 2.24) is 14.9 Å². The van der Waals surface area contributed by atoms with Gasteiger partial charge >= 0.3 is 0 Å². The number of nitrogens with zero attached hydrogens (tertiary/aromatic N) is 3. The number of anilines is 1. The summed E-state index contributed by atoms with van der Waals surface area (Å²) in [6.07, 6.45) is 3.94. The Labute approximate surface area is 107 Å². The second-order valence-corrected chi connectivity index (χ2v) is 5.32. The monoisotopic (exact) mass is 248 g/mol. The van der Waals surface area contributed by atoms with Gasteiger partial charge in [0.25, 0.3) is 5.56 Å². The fourth-order valence-corrected chi connectivity index (χ4v) is 3.09. The lowest BCUT2D eigenvalue weighted by Crippen LogP contribution is -2.55. The standard InChI is InChI=1S/C13H20N4O/c1-10-14-12(8-13(18)15-10)17-7-6-16-5-3-2-4-11(16)9-17/h8,11H,2-7,9H2,1H3,(H,14,15,18). The molecule has 2 fully saturated rings. The van der Waals surface area contributed by atoms with Crippen LogP contribution in [0, 0.1) is 6.92 Å². The summed E-state index contributed by atoms with van der Waals surface area (Å²) in [5, 5.41) is 0. The van der Waals surface area contributed by atoms with Gasteiger partial charge in [-0.05, 0) is 26.3 Å². The predicted octanol–water partition coefficient (Wildman–Crippen LogP) is 0.753. The molecule has 3 rings (SSSR count). The zero-order valence-corrected chi connectivity index (χ0v) is 10.9. The summed E-state index contributed by atoms with van der Waals surface area (Å²) < 4.78 is 0. The highest BCUT2D eigenvalue weighted by Crippen LogP contribution is 2.23. The largest absolute Gasteiger partial charge is 0.354 e. The van der Waals surface area contributed by atoms with Crippen molar-refractivity contribution in [2.45, 2.75) is 32.2 Å². The number of aromatic nitrogens is 2. The van der Waals surface area contributed by atoms with Crippen molar-refractivity contribution in [3.05, 3.63) is 22.2 Å². The van der Waals surface area contributed by atoms with Gasteiger partial charge in [-0.15, -0.1) is 0 Å². The Bertz CT molecular complexity index is 484. The molecule has 0 amide bonds. The Hall–Kier alpha value is -1.36. The Morgan fingerprint density at radius 1 is 1.33 bits per heavy atom. The molecule has 18 heavy (non-hydrogen) atoms. The zero-order chi connectivity index (χ0) is 12.5. The highest BCUT2D eigenvalue weighted by Gasteiger charge is 2.29. The average Bonchev–Trinajstić information content (AvgIpc) is 2.37. The van der Waals surface area contributed by atoms with Crippen LogP contribution >= 0.6 is 0 Å². The highest BCUT2D eigenvalue weighted by atomic mass is 16.1. The van der Waals surface area contributed by atoms with Gasteiger partial charge in [-0.25, -0.2) is 4.98 Å². The number of fused-ring (bicyclic) bond motifs is 1. The van der Waals surface area contributed by atoms with Crippen LogP contribution in [0.1, 0.15) is 25.1 Å². The molecule has 5 heteroatoms. The smallest absolute Gasteiger partial charge is 0.252 e. The average molecular weight is 248 g/mol. The molecule has 0 bridgehead atoms.